The molecule has 0 amide bonds. The van der Waals surface area contributed by atoms with E-state index in [1.807, 2.05) is 20.8 Å². The Hall–Kier alpha value is -1.66. The van der Waals surface area contributed by atoms with Crippen LogP contribution in [0.3, 0.4) is 0 Å². The van der Waals surface area contributed by atoms with Gasteiger partial charge in [0.1, 0.15) is 6.04 Å². The van der Waals surface area contributed by atoms with E-state index in [0.717, 1.165) is 9.87 Å². The van der Waals surface area contributed by atoms with Gasteiger partial charge < -0.3 is 5.11 Å². The van der Waals surface area contributed by atoms with Crippen molar-refractivity contribution in [3.63, 3.8) is 0 Å². The largest absolute Gasteiger partial charge is 0.480 e. The van der Waals surface area contributed by atoms with Gasteiger partial charge in [0, 0.05) is 6.54 Å². The second-order valence-electron chi connectivity index (χ2n) is 5.99. The number of rotatable bonds is 9. The molecule has 0 aromatic heterocycles. The monoisotopic (exact) mass is 339 g/mol. The molecule has 0 spiro atoms. The molecule has 0 fully saturated rings. The molecule has 1 atom stereocenters. The van der Waals surface area contributed by atoms with Crippen molar-refractivity contribution in [1.29, 1.82) is 0 Å². The smallest absolute Gasteiger partial charge is 0.322 e. The van der Waals surface area contributed by atoms with Gasteiger partial charge in [0.15, 0.2) is 0 Å². The van der Waals surface area contributed by atoms with Crippen LogP contribution in [0, 0.1) is 12.8 Å². The van der Waals surface area contributed by atoms with Crippen molar-refractivity contribution in [2.75, 3.05) is 6.54 Å². The number of hydrogen-bond donors (Lipinski definition) is 1. The number of sulfonamides is 1. The normalized spacial score (nSPS) is 13.3. The molecule has 1 aromatic carbocycles. The molecule has 0 aliphatic rings. The molecule has 1 N–H and O–H groups in total. The van der Waals surface area contributed by atoms with Gasteiger partial charge in [0.2, 0.25) is 10.0 Å². The predicted molar refractivity (Wildman–Crippen MR) is 90.8 cm³/mol. The Balaban J connectivity index is 3.27. The highest BCUT2D eigenvalue weighted by Gasteiger charge is 2.34. The van der Waals surface area contributed by atoms with E-state index in [1.54, 1.807) is 12.1 Å². The first kappa shape index (κ1) is 19.4. The molecule has 1 rings (SSSR count). The zero-order valence-electron chi connectivity index (χ0n) is 13.9. The summed E-state index contributed by atoms with van der Waals surface area (Å²) in [6, 6.07) is 5.30. The van der Waals surface area contributed by atoms with Crippen LogP contribution in [0.25, 0.3) is 0 Å². The molecule has 0 saturated carbocycles. The van der Waals surface area contributed by atoms with Gasteiger partial charge in [-0.15, -0.1) is 6.58 Å². The van der Waals surface area contributed by atoms with Crippen LogP contribution in [-0.4, -0.2) is 36.4 Å². The average Bonchev–Trinajstić information content (AvgIpc) is 2.46. The summed E-state index contributed by atoms with van der Waals surface area (Å²) in [4.78, 5) is 11.7. The summed E-state index contributed by atoms with van der Waals surface area (Å²) >= 11 is 0. The van der Waals surface area contributed by atoms with Crippen LogP contribution in [-0.2, 0) is 14.8 Å². The first-order valence-electron chi connectivity index (χ1n) is 7.62. The maximum absolute atomic E-state index is 12.9. The lowest BCUT2D eigenvalue weighted by atomic mass is 10.1. The van der Waals surface area contributed by atoms with Crippen LogP contribution >= 0.6 is 0 Å². The topological polar surface area (TPSA) is 74.7 Å². The van der Waals surface area contributed by atoms with Gasteiger partial charge in [-0.05, 0) is 37.8 Å². The van der Waals surface area contributed by atoms with Gasteiger partial charge in [-0.2, -0.15) is 4.31 Å². The van der Waals surface area contributed by atoms with E-state index < -0.39 is 22.0 Å². The van der Waals surface area contributed by atoms with E-state index in [0.29, 0.717) is 6.42 Å². The third-order valence-corrected chi connectivity index (χ3v) is 5.50. The number of benzene rings is 1. The van der Waals surface area contributed by atoms with Crippen LogP contribution in [0.4, 0.5) is 0 Å². The van der Waals surface area contributed by atoms with Crippen LogP contribution in [0.2, 0.25) is 0 Å². The van der Waals surface area contributed by atoms with E-state index in [-0.39, 0.29) is 23.8 Å². The van der Waals surface area contributed by atoms with E-state index in [2.05, 4.69) is 6.58 Å². The minimum Gasteiger partial charge on any atom is -0.480 e. The van der Waals surface area contributed by atoms with Crippen LogP contribution in [0.5, 0.6) is 0 Å². The highest BCUT2D eigenvalue weighted by Crippen LogP contribution is 2.22. The molecule has 0 bridgehead atoms. The van der Waals surface area contributed by atoms with E-state index in [9.17, 15) is 18.3 Å². The fourth-order valence-corrected chi connectivity index (χ4v) is 3.78. The standard InChI is InChI=1S/C17H25NO4S/c1-5-6-16(17(19)20)18(12-11-13(2)3)23(21,22)15-9-7-14(4)8-10-15/h5,7-10,13,16H,1,6,11-12H2,2-4H3,(H,19,20)/t16-/m0/s1. The average molecular weight is 339 g/mol. The highest BCUT2D eigenvalue weighted by atomic mass is 32.2. The Morgan fingerprint density at radius 2 is 1.87 bits per heavy atom. The summed E-state index contributed by atoms with van der Waals surface area (Å²) < 4.78 is 26.9. The summed E-state index contributed by atoms with van der Waals surface area (Å²) in [5, 5.41) is 9.44. The number of nitrogens with zero attached hydrogens (tertiary/aromatic N) is 1. The summed E-state index contributed by atoms with van der Waals surface area (Å²) in [5.74, 6) is -0.895. The fraction of sp³-hybridized carbons (Fsp3) is 0.471. The molecule has 0 saturated heterocycles. The van der Waals surface area contributed by atoms with Crippen molar-refractivity contribution in [3.05, 3.63) is 42.5 Å². The summed E-state index contributed by atoms with van der Waals surface area (Å²) in [6.07, 6.45) is 2.09. The summed E-state index contributed by atoms with van der Waals surface area (Å²) in [5.41, 5.74) is 0.943. The third-order valence-electron chi connectivity index (χ3n) is 3.58. The molecule has 23 heavy (non-hydrogen) atoms. The van der Waals surface area contributed by atoms with Crippen molar-refractivity contribution >= 4 is 16.0 Å². The molecule has 5 nitrogen and oxygen atoms in total. The quantitative estimate of drug-likeness (QED) is 0.702. The maximum atomic E-state index is 12.9. The minimum atomic E-state index is -3.88. The second-order valence-corrected chi connectivity index (χ2v) is 7.88. The van der Waals surface area contributed by atoms with Gasteiger partial charge in [0.05, 0.1) is 4.90 Å². The molecule has 0 radical (unpaired) electrons. The molecule has 6 heteroatoms. The molecule has 0 unspecified atom stereocenters. The van der Waals surface area contributed by atoms with E-state index in [4.69, 9.17) is 0 Å². The van der Waals surface area contributed by atoms with Crippen molar-refractivity contribution in [3.8, 4) is 0 Å². The number of carboxylic acid groups (broad SMARTS) is 1. The Labute approximate surface area is 138 Å². The zero-order valence-corrected chi connectivity index (χ0v) is 14.7. The Kier molecular flexibility index (Phi) is 6.97. The summed E-state index contributed by atoms with van der Waals surface area (Å²) in [6.45, 7) is 9.52. The Morgan fingerprint density at radius 3 is 2.30 bits per heavy atom. The lowest BCUT2D eigenvalue weighted by Crippen LogP contribution is -2.45. The molecule has 128 valence electrons. The zero-order chi connectivity index (χ0) is 17.6. The first-order chi connectivity index (χ1) is 10.7. The highest BCUT2D eigenvalue weighted by molar-refractivity contribution is 7.89. The van der Waals surface area contributed by atoms with Crippen molar-refractivity contribution in [1.82, 2.24) is 4.31 Å². The minimum absolute atomic E-state index is 0.0680. The van der Waals surface area contributed by atoms with Crippen molar-refractivity contribution < 1.29 is 18.3 Å². The van der Waals surface area contributed by atoms with Gasteiger partial charge >= 0.3 is 5.97 Å². The second kappa shape index (κ2) is 8.26. The fourth-order valence-electron chi connectivity index (χ4n) is 2.17. The maximum Gasteiger partial charge on any atom is 0.322 e. The third kappa shape index (κ3) is 5.18. The summed E-state index contributed by atoms with van der Waals surface area (Å²) in [7, 11) is -3.88. The van der Waals surface area contributed by atoms with Gasteiger partial charge in [-0.3, -0.25) is 4.79 Å². The van der Waals surface area contributed by atoms with E-state index >= 15 is 0 Å². The van der Waals surface area contributed by atoms with E-state index in [1.165, 1.54) is 18.2 Å². The SMILES string of the molecule is C=CC[C@@H](C(=O)O)N(CCC(C)C)S(=O)(=O)c1ccc(C)cc1. The molecule has 0 aliphatic heterocycles. The Bertz CT molecular complexity index is 635. The van der Waals surface area contributed by atoms with Crippen LogP contribution in [0.15, 0.2) is 41.8 Å². The molecular weight excluding hydrogens is 314 g/mol. The number of aryl methyl sites for hydroxylation is 1. The number of aliphatic carboxylic acids is 1. The predicted octanol–water partition coefficient (Wildman–Crippen LogP) is 3.06. The number of carboxylic acids is 1. The molecule has 1 aromatic rings. The van der Waals surface area contributed by atoms with Crippen LogP contribution < -0.4 is 0 Å². The number of carbonyl (C=O) groups is 1. The molecule has 0 aliphatic carbocycles. The molecule has 0 heterocycles. The van der Waals surface area contributed by atoms with Gasteiger partial charge in [0.25, 0.3) is 0 Å². The number of hydrogen-bond acceptors (Lipinski definition) is 3. The van der Waals surface area contributed by atoms with Crippen LogP contribution in [0.1, 0.15) is 32.3 Å². The van der Waals surface area contributed by atoms with Crippen molar-refractivity contribution in [2.45, 2.75) is 44.6 Å². The Morgan fingerprint density at radius 1 is 1.30 bits per heavy atom. The van der Waals surface area contributed by atoms with Gasteiger partial charge in [-0.1, -0.05) is 37.6 Å². The van der Waals surface area contributed by atoms with Crippen molar-refractivity contribution in [2.24, 2.45) is 5.92 Å². The van der Waals surface area contributed by atoms with Gasteiger partial charge in [-0.25, -0.2) is 8.42 Å². The lowest BCUT2D eigenvalue weighted by molar-refractivity contribution is -0.141. The molecular formula is C17H25NO4S. The first-order valence-corrected chi connectivity index (χ1v) is 9.06. The lowest BCUT2D eigenvalue weighted by Gasteiger charge is -2.28.